The van der Waals surface area contributed by atoms with E-state index in [1.54, 1.807) is 41.4 Å². The van der Waals surface area contributed by atoms with E-state index in [4.69, 9.17) is 11.6 Å². The zero-order valence-corrected chi connectivity index (χ0v) is 23.1. The number of fused-ring (bicyclic) bond motifs is 1. The summed E-state index contributed by atoms with van der Waals surface area (Å²) in [6.45, 7) is 0. The Balaban J connectivity index is 1.32. The van der Waals surface area contributed by atoms with Gasteiger partial charge in [-0.3, -0.25) is 19.1 Å². The minimum Gasteiger partial charge on any atom is -0.322 e. The van der Waals surface area contributed by atoms with Gasteiger partial charge >= 0.3 is 0 Å². The number of pyridine rings is 2. The van der Waals surface area contributed by atoms with E-state index in [0.29, 0.717) is 39.7 Å². The second-order valence-electron chi connectivity index (χ2n) is 9.56. The second-order valence-corrected chi connectivity index (χ2v) is 9.97. The predicted molar refractivity (Wildman–Crippen MR) is 167 cm³/mol. The van der Waals surface area contributed by atoms with Crippen LogP contribution >= 0.6 is 11.6 Å². The highest BCUT2D eigenvalue weighted by Crippen LogP contribution is 2.26. The second kappa shape index (κ2) is 12.0. The molecule has 0 bridgehead atoms. The number of halogens is 1. The van der Waals surface area contributed by atoms with E-state index in [-0.39, 0.29) is 11.5 Å². The quantitative estimate of drug-likeness (QED) is 0.215. The number of carbonyl (C=O) groups excluding carboxylic acids is 1. The summed E-state index contributed by atoms with van der Waals surface area (Å²) >= 11 is 6.19. The van der Waals surface area contributed by atoms with Crippen LogP contribution in [0, 0.1) is 0 Å². The van der Waals surface area contributed by atoms with Crippen molar-refractivity contribution in [1.82, 2.24) is 19.5 Å². The van der Waals surface area contributed by atoms with Crippen LogP contribution in [0.25, 0.3) is 34.1 Å². The van der Waals surface area contributed by atoms with Gasteiger partial charge in [0.1, 0.15) is 11.2 Å². The first-order valence-corrected chi connectivity index (χ1v) is 13.6. The number of rotatable bonds is 7. The molecule has 0 saturated heterocycles. The highest BCUT2D eigenvalue weighted by Gasteiger charge is 2.15. The van der Waals surface area contributed by atoms with Crippen LogP contribution in [0.5, 0.6) is 0 Å². The fraction of sp³-hybridized carbons (Fsp3) is 0.0294. The third kappa shape index (κ3) is 5.87. The van der Waals surface area contributed by atoms with Crippen molar-refractivity contribution < 1.29 is 4.79 Å². The van der Waals surface area contributed by atoms with Gasteiger partial charge in [0.25, 0.3) is 5.56 Å². The zero-order valence-electron chi connectivity index (χ0n) is 22.3. The van der Waals surface area contributed by atoms with Crippen LogP contribution < -0.4 is 10.9 Å². The SMILES string of the molecule is O=C(/C=C/c1ccccc1Cl)Nc1cccc(-c2cccc(-n3c(=O)c(Cc4cccnc4)nc4cccnc43)c2)c1. The summed E-state index contributed by atoms with van der Waals surface area (Å²) < 4.78 is 1.60. The molecule has 0 saturated carbocycles. The summed E-state index contributed by atoms with van der Waals surface area (Å²) in [4.78, 5) is 39.7. The van der Waals surface area contributed by atoms with Crippen molar-refractivity contribution in [2.45, 2.75) is 6.42 Å². The predicted octanol–water partition coefficient (Wildman–Crippen LogP) is 6.74. The monoisotopic (exact) mass is 569 g/mol. The first-order chi connectivity index (χ1) is 20.5. The Morgan fingerprint density at radius 1 is 0.881 bits per heavy atom. The Bertz CT molecular complexity index is 2000. The number of amides is 1. The van der Waals surface area contributed by atoms with Crippen LogP contribution in [-0.4, -0.2) is 25.4 Å². The molecule has 1 N–H and O–H groups in total. The van der Waals surface area contributed by atoms with Gasteiger partial charge in [0.15, 0.2) is 5.65 Å². The zero-order chi connectivity index (χ0) is 28.9. The molecule has 6 aromatic rings. The highest BCUT2D eigenvalue weighted by molar-refractivity contribution is 6.32. The lowest BCUT2D eigenvalue weighted by Crippen LogP contribution is -2.25. The van der Waals surface area contributed by atoms with Crippen LogP contribution in [0.4, 0.5) is 5.69 Å². The Labute approximate surface area is 246 Å². The number of nitrogens with one attached hydrogen (secondary N) is 1. The number of benzene rings is 3. The van der Waals surface area contributed by atoms with E-state index in [1.165, 1.54) is 6.08 Å². The normalized spacial score (nSPS) is 11.2. The van der Waals surface area contributed by atoms with Gasteiger partial charge < -0.3 is 5.32 Å². The molecular weight excluding hydrogens is 546 g/mol. The largest absolute Gasteiger partial charge is 0.322 e. The summed E-state index contributed by atoms with van der Waals surface area (Å²) in [5.41, 5.74) is 5.96. The molecule has 3 heterocycles. The molecule has 0 aliphatic heterocycles. The van der Waals surface area contributed by atoms with E-state index in [2.05, 4.69) is 20.3 Å². The molecular formula is C34H24ClN5O2. The summed E-state index contributed by atoms with van der Waals surface area (Å²) in [6.07, 6.45) is 8.56. The van der Waals surface area contributed by atoms with Crippen molar-refractivity contribution in [2.24, 2.45) is 0 Å². The third-order valence-corrected chi connectivity index (χ3v) is 7.01. The summed E-state index contributed by atoms with van der Waals surface area (Å²) in [5, 5.41) is 3.48. The lowest BCUT2D eigenvalue weighted by molar-refractivity contribution is -0.111. The van der Waals surface area contributed by atoms with E-state index in [0.717, 1.165) is 22.3 Å². The first kappa shape index (κ1) is 26.8. The van der Waals surface area contributed by atoms with Gasteiger partial charge in [-0.1, -0.05) is 60.1 Å². The highest BCUT2D eigenvalue weighted by atomic mass is 35.5. The van der Waals surface area contributed by atoms with Crippen molar-refractivity contribution in [3.8, 4) is 16.8 Å². The van der Waals surface area contributed by atoms with Crippen LogP contribution in [0.3, 0.4) is 0 Å². The lowest BCUT2D eigenvalue weighted by atomic mass is 10.0. The number of aromatic nitrogens is 4. The van der Waals surface area contributed by atoms with Crippen molar-refractivity contribution in [1.29, 1.82) is 0 Å². The van der Waals surface area contributed by atoms with Gasteiger partial charge in [-0.05, 0) is 76.9 Å². The molecule has 204 valence electrons. The Morgan fingerprint density at radius 2 is 1.69 bits per heavy atom. The van der Waals surface area contributed by atoms with Crippen LogP contribution in [-0.2, 0) is 11.2 Å². The summed E-state index contributed by atoms with van der Waals surface area (Å²) in [7, 11) is 0. The molecule has 1 amide bonds. The maximum atomic E-state index is 13.8. The Hall–Kier alpha value is -5.40. The minimum atomic E-state index is -0.275. The van der Waals surface area contributed by atoms with E-state index in [1.807, 2.05) is 84.9 Å². The summed E-state index contributed by atoms with van der Waals surface area (Å²) in [5.74, 6) is -0.275. The molecule has 0 atom stereocenters. The minimum absolute atomic E-state index is 0.242. The van der Waals surface area contributed by atoms with Gasteiger partial charge in [-0.25, -0.2) is 9.97 Å². The average Bonchev–Trinajstić information content (AvgIpc) is 3.02. The molecule has 0 aliphatic carbocycles. The molecule has 0 unspecified atom stereocenters. The van der Waals surface area contributed by atoms with Crippen LogP contribution in [0.1, 0.15) is 16.8 Å². The van der Waals surface area contributed by atoms with E-state index >= 15 is 0 Å². The molecule has 42 heavy (non-hydrogen) atoms. The van der Waals surface area contributed by atoms with Gasteiger partial charge in [0.05, 0.1) is 5.69 Å². The number of hydrogen-bond acceptors (Lipinski definition) is 5. The number of anilines is 1. The smallest absolute Gasteiger partial charge is 0.278 e. The fourth-order valence-corrected chi connectivity index (χ4v) is 4.88. The summed E-state index contributed by atoms with van der Waals surface area (Å²) in [6, 6.07) is 29.9. The maximum absolute atomic E-state index is 13.8. The average molecular weight is 570 g/mol. The molecule has 0 fully saturated rings. The molecule has 0 aliphatic rings. The molecule has 0 spiro atoms. The topological polar surface area (TPSA) is 89.8 Å². The third-order valence-electron chi connectivity index (χ3n) is 6.66. The maximum Gasteiger partial charge on any atom is 0.278 e. The first-order valence-electron chi connectivity index (χ1n) is 13.3. The van der Waals surface area contributed by atoms with Crippen molar-refractivity contribution in [2.75, 3.05) is 5.32 Å². The molecule has 0 radical (unpaired) electrons. The van der Waals surface area contributed by atoms with E-state index < -0.39 is 0 Å². The Kier molecular flexibility index (Phi) is 7.66. The standard InChI is InChI=1S/C34H24ClN5O2/c35-29-13-2-1-8-24(29)15-16-32(41)38-27-11-3-9-25(20-27)26-10-4-12-28(21-26)40-33-30(14-6-18-37-33)39-31(34(40)42)19-23-7-5-17-36-22-23/h1-18,20-22H,19H2,(H,38,41)/b16-15+. The van der Waals surface area contributed by atoms with E-state index in [9.17, 15) is 9.59 Å². The van der Waals surface area contributed by atoms with Gasteiger partial charge in [-0.15, -0.1) is 0 Å². The van der Waals surface area contributed by atoms with Gasteiger partial charge in [0.2, 0.25) is 5.91 Å². The van der Waals surface area contributed by atoms with Crippen molar-refractivity contribution >= 4 is 40.4 Å². The van der Waals surface area contributed by atoms with Gasteiger partial charge in [-0.2, -0.15) is 0 Å². The molecule has 7 nitrogen and oxygen atoms in total. The number of carbonyl (C=O) groups is 1. The fourth-order valence-electron chi connectivity index (χ4n) is 4.68. The molecule has 3 aromatic heterocycles. The van der Waals surface area contributed by atoms with Gasteiger partial charge in [0, 0.05) is 41.8 Å². The molecule has 8 heteroatoms. The molecule has 6 rings (SSSR count). The van der Waals surface area contributed by atoms with Crippen molar-refractivity contribution in [3.05, 3.63) is 154 Å². The number of nitrogens with zero attached hydrogens (tertiary/aromatic N) is 4. The van der Waals surface area contributed by atoms with Crippen molar-refractivity contribution in [3.63, 3.8) is 0 Å². The lowest BCUT2D eigenvalue weighted by Gasteiger charge is -2.13. The molecule has 3 aromatic carbocycles. The van der Waals surface area contributed by atoms with Crippen LogP contribution in [0.15, 0.2) is 127 Å². The Morgan fingerprint density at radius 3 is 2.52 bits per heavy atom. The number of hydrogen-bond donors (Lipinski definition) is 1. The van der Waals surface area contributed by atoms with Crippen LogP contribution in [0.2, 0.25) is 5.02 Å².